The summed E-state index contributed by atoms with van der Waals surface area (Å²) < 4.78 is 36.4. The van der Waals surface area contributed by atoms with E-state index in [1.165, 1.54) is 23.5 Å². The number of benzene rings is 1. The summed E-state index contributed by atoms with van der Waals surface area (Å²) >= 11 is 0. The second kappa shape index (κ2) is 8.09. The van der Waals surface area contributed by atoms with E-state index >= 15 is 0 Å². The van der Waals surface area contributed by atoms with Crippen molar-refractivity contribution in [2.75, 3.05) is 26.4 Å². The van der Waals surface area contributed by atoms with E-state index in [0.717, 1.165) is 11.8 Å². The fourth-order valence-electron chi connectivity index (χ4n) is 1.75. The van der Waals surface area contributed by atoms with Crippen LogP contribution in [0.15, 0.2) is 24.3 Å². The van der Waals surface area contributed by atoms with Gasteiger partial charge in [0.05, 0.1) is 12.3 Å². The van der Waals surface area contributed by atoms with Crippen molar-refractivity contribution >= 4 is 16.1 Å². The molecule has 0 aliphatic rings. The molecule has 0 spiro atoms. The molecule has 8 heteroatoms. The van der Waals surface area contributed by atoms with E-state index in [4.69, 9.17) is 0 Å². The molecule has 0 unspecified atom stereocenters. The largest absolute Gasteiger partial charge is 0.338 e. The highest BCUT2D eigenvalue weighted by Crippen LogP contribution is 2.12. The molecule has 0 radical (unpaired) electrons. The topological polar surface area (TPSA) is 78.5 Å². The van der Waals surface area contributed by atoms with Crippen molar-refractivity contribution in [3.63, 3.8) is 0 Å². The van der Waals surface area contributed by atoms with Crippen LogP contribution in [-0.2, 0) is 10.0 Å². The smallest absolute Gasteiger partial charge is 0.315 e. The molecule has 0 aliphatic heterocycles. The number of halogens is 1. The molecule has 1 atom stereocenters. The third kappa shape index (κ3) is 6.40. The molecule has 0 aromatic heterocycles. The molecule has 0 heterocycles. The van der Waals surface area contributed by atoms with Gasteiger partial charge in [-0.1, -0.05) is 12.1 Å². The second-order valence-electron chi connectivity index (χ2n) is 5.11. The van der Waals surface area contributed by atoms with Gasteiger partial charge in [0.25, 0.3) is 0 Å². The van der Waals surface area contributed by atoms with Crippen LogP contribution in [0.3, 0.4) is 0 Å². The Bertz CT molecular complexity index is 590. The van der Waals surface area contributed by atoms with Gasteiger partial charge >= 0.3 is 6.03 Å². The van der Waals surface area contributed by atoms with Gasteiger partial charge in [-0.25, -0.2) is 21.9 Å². The standard InChI is InChI=1S/C14H22FN3O3S/c1-11(12-5-7-13(15)8-6-12)17-14(19)16-9-4-10-18(2)22(3,20)21/h5-8,11H,4,9-10H2,1-3H3,(H2,16,17,19)/t11-/m0/s1. The van der Waals surface area contributed by atoms with Crippen LogP contribution in [0.4, 0.5) is 9.18 Å². The highest BCUT2D eigenvalue weighted by atomic mass is 32.2. The number of hydrogen-bond acceptors (Lipinski definition) is 3. The Hall–Kier alpha value is -1.67. The van der Waals surface area contributed by atoms with Gasteiger partial charge in [-0.05, 0) is 31.0 Å². The number of sulfonamides is 1. The number of nitrogens with one attached hydrogen (secondary N) is 2. The lowest BCUT2D eigenvalue weighted by molar-refractivity contribution is 0.237. The van der Waals surface area contributed by atoms with Crippen LogP contribution in [-0.4, -0.2) is 45.1 Å². The quantitative estimate of drug-likeness (QED) is 0.743. The molecule has 2 N–H and O–H groups in total. The van der Waals surface area contributed by atoms with E-state index < -0.39 is 10.0 Å². The molecule has 0 fully saturated rings. The highest BCUT2D eigenvalue weighted by molar-refractivity contribution is 7.88. The molecule has 0 aliphatic carbocycles. The van der Waals surface area contributed by atoms with Gasteiger partial charge in [-0.3, -0.25) is 0 Å². The van der Waals surface area contributed by atoms with E-state index in [-0.39, 0.29) is 17.9 Å². The lowest BCUT2D eigenvalue weighted by atomic mass is 10.1. The van der Waals surface area contributed by atoms with Crippen molar-refractivity contribution < 1.29 is 17.6 Å². The number of nitrogens with zero attached hydrogens (tertiary/aromatic N) is 1. The first kappa shape index (κ1) is 18.4. The van der Waals surface area contributed by atoms with Crippen LogP contribution >= 0.6 is 0 Å². The SMILES string of the molecule is C[C@H](NC(=O)NCCCN(C)S(C)(=O)=O)c1ccc(F)cc1. The zero-order chi connectivity index (χ0) is 16.8. The third-order valence-corrected chi connectivity index (χ3v) is 4.53. The van der Waals surface area contributed by atoms with E-state index in [1.807, 2.05) is 0 Å². The Kier molecular flexibility index (Phi) is 6.76. The Morgan fingerprint density at radius 2 is 1.91 bits per heavy atom. The number of urea groups is 1. The van der Waals surface area contributed by atoms with Gasteiger partial charge in [-0.15, -0.1) is 0 Å². The first-order valence-corrected chi connectivity index (χ1v) is 8.76. The summed E-state index contributed by atoms with van der Waals surface area (Å²) in [6, 6.07) is 5.31. The fourth-order valence-corrected chi connectivity index (χ4v) is 2.21. The minimum atomic E-state index is -3.19. The summed E-state index contributed by atoms with van der Waals surface area (Å²) in [6.07, 6.45) is 1.65. The average molecular weight is 331 g/mol. The number of carbonyl (C=O) groups excluding carboxylic acids is 1. The molecule has 1 aromatic carbocycles. The summed E-state index contributed by atoms with van der Waals surface area (Å²) in [4.78, 5) is 11.7. The van der Waals surface area contributed by atoms with Crippen molar-refractivity contribution in [1.82, 2.24) is 14.9 Å². The monoisotopic (exact) mass is 331 g/mol. The first-order chi connectivity index (χ1) is 10.2. The van der Waals surface area contributed by atoms with E-state index in [2.05, 4.69) is 10.6 Å². The van der Waals surface area contributed by atoms with Gasteiger partial charge < -0.3 is 10.6 Å². The van der Waals surface area contributed by atoms with E-state index in [9.17, 15) is 17.6 Å². The lowest BCUT2D eigenvalue weighted by Gasteiger charge is -2.16. The molecule has 124 valence electrons. The van der Waals surface area contributed by atoms with Gasteiger partial charge in [0.15, 0.2) is 0 Å². The molecule has 0 saturated carbocycles. The minimum Gasteiger partial charge on any atom is -0.338 e. The summed E-state index contributed by atoms with van der Waals surface area (Å²) in [7, 11) is -1.70. The van der Waals surface area contributed by atoms with Gasteiger partial charge in [0, 0.05) is 20.1 Å². The summed E-state index contributed by atoms with van der Waals surface area (Å²) in [6.45, 7) is 2.50. The van der Waals surface area contributed by atoms with E-state index in [0.29, 0.717) is 19.5 Å². The number of rotatable bonds is 7. The molecule has 1 rings (SSSR count). The van der Waals surface area contributed by atoms with Crippen molar-refractivity contribution in [1.29, 1.82) is 0 Å². The van der Waals surface area contributed by atoms with Gasteiger partial charge in [0.2, 0.25) is 10.0 Å². The second-order valence-corrected chi connectivity index (χ2v) is 7.20. The summed E-state index contributed by atoms with van der Waals surface area (Å²) in [5.41, 5.74) is 0.799. The predicted molar refractivity (Wildman–Crippen MR) is 83.4 cm³/mol. The summed E-state index contributed by atoms with van der Waals surface area (Å²) in [5.74, 6) is -0.324. The van der Waals surface area contributed by atoms with Gasteiger partial charge in [-0.2, -0.15) is 0 Å². The molecular weight excluding hydrogens is 309 g/mol. The van der Waals surface area contributed by atoms with Crippen LogP contribution in [0.5, 0.6) is 0 Å². The molecule has 0 saturated heterocycles. The molecule has 1 aromatic rings. The molecule has 6 nitrogen and oxygen atoms in total. The first-order valence-electron chi connectivity index (χ1n) is 6.91. The maximum Gasteiger partial charge on any atom is 0.315 e. The molecule has 2 amide bonds. The van der Waals surface area contributed by atoms with E-state index in [1.54, 1.807) is 19.1 Å². The normalized spacial score (nSPS) is 13.0. The van der Waals surface area contributed by atoms with Crippen LogP contribution in [0.1, 0.15) is 24.9 Å². The Morgan fingerprint density at radius 3 is 2.45 bits per heavy atom. The number of amides is 2. The van der Waals surface area contributed by atoms with Crippen LogP contribution in [0, 0.1) is 5.82 Å². The maximum absolute atomic E-state index is 12.8. The van der Waals surface area contributed by atoms with Crippen molar-refractivity contribution in [2.24, 2.45) is 0 Å². The molecule has 22 heavy (non-hydrogen) atoms. The van der Waals surface area contributed by atoms with Crippen molar-refractivity contribution in [3.05, 3.63) is 35.6 Å². The average Bonchev–Trinajstić information content (AvgIpc) is 2.42. The number of hydrogen-bond donors (Lipinski definition) is 2. The Morgan fingerprint density at radius 1 is 1.32 bits per heavy atom. The van der Waals surface area contributed by atoms with Crippen molar-refractivity contribution in [3.8, 4) is 0 Å². The maximum atomic E-state index is 12.8. The van der Waals surface area contributed by atoms with Crippen LogP contribution in [0.2, 0.25) is 0 Å². The molecular formula is C14H22FN3O3S. The predicted octanol–water partition coefficient (Wildman–Crippen LogP) is 1.47. The zero-order valence-corrected chi connectivity index (χ0v) is 13.8. The fraction of sp³-hybridized carbons (Fsp3) is 0.500. The molecule has 0 bridgehead atoms. The van der Waals surface area contributed by atoms with Crippen molar-refractivity contribution in [2.45, 2.75) is 19.4 Å². The summed E-state index contributed by atoms with van der Waals surface area (Å²) in [5, 5.41) is 5.39. The Balaban J connectivity index is 2.30. The highest BCUT2D eigenvalue weighted by Gasteiger charge is 2.11. The lowest BCUT2D eigenvalue weighted by Crippen LogP contribution is -2.38. The zero-order valence-electron chi connectivity index (χ0n) is 13.0. The van der Waals surface area contributed by atoms with Crippen LogP contribution < -0.4 is 10.6 Å². The Labute approximate surface area is 130 Å². The minimum absolute atomic E-state index is 0.251. The van der Waals surface area contributed by atoms with Gasteiger partial charge in [0.1, 0.15) is 5.82 Å². The van der Waals surface area contributed by atoms with Crippen LogP contribution in [0.25, 0.3) is 0 Å². The third-order valence-electron chi connectivity index (χ3n) is 3.22. The number of carbonyl (C=O) groups is 1.